The number of fused-ring (bicyclic) bond motifs is 1. The molecule has 1 fully saturated rings. The minimum Gasteiger partial charge on any atom is -0.298 e. The van der Waals surface area contributed by atoms with Crippen LogP contribution in [-0.2, 0) is 4.79 Å². The zero-order chi connectivity index (χ0) is 19.0. The molecule has 0 amide bonds. The van der Waals surface area contributed by atoms with Gasteiger partial charge in [-0.25, -0.2) is 4.98 Å². The number of hydrogen-bond acceptors (Lipinski definition) is 4. The van der Waals surface area contributed by atoms with Crippen LogP contribution in [0.5, 0.6) is 0 Å². The Morgan fingerprint density at radius 3 is 2.52 bits per heavy atom. The summed E-state index contributed by atoms with van der Waals surface area (Å²) in [5.41, 5.74) is 3.58. The number of carbonyl (C=O) groups is 1. The van der Waals surface area contributed by atoms with Crippen LogP contribution < -0.4 is 5.56 Å². The number of rotatable bonds is 3. The Morgan fingerprint density at radius 1 is 1.04 bits per heavy atom. The number of thioether (sulfide) groups is 1. The zero-order valence-electron chi connectivity index (χ0n) is 15.6. The van der Waals surface area contributed by atoms with Crippen molar-refractivity contribution in [2.45, 2.75) is 49.9 Å². The van der Waals surface area contributed by atoms with E-state index in [1.54, 1.807) is 4.57 Å². The molecule has 27 heavy (non-hydrogen) atoms. The number of nitrogens with zero attached hydrogens (tertiary/aromatic N) is 2. The summed E-state index contributed by atoms with van der Waals surface area (Å²) in [4.78, 5) is 30.5. The number of carbonyl (C=O) groups excluding carboxylic acids is 1. The van der Waals surface area contributed by atoms with Crippen molar-refractivity contribution in [2.75, 3.05) is 0 Å². The van der Waals surface area contributed by atoms with E-state index in [-0.39, 0.29) is 16.6 Å². The van der Waals surface area contributed by atoms with Crippen LogP contribution in [0.4, 0.5) is 0 Å². The van der Waals surface area contributed by atoms with Gasteiger partial charge in [-0.2, -0.15) is 0 Å². The maximum absolute atomic E-state index is 13.3. The Bertz CT molecular complexity index is 1070. The van der Waals surface area contributed by atoms with Crippen molar-refractivity contribution in [1.82, 2.24) is 9.55 Å². The standard InChI is InChI=1S/C22H22N2O2S/c1-14-11-15(2)13-16(12-14)24-21(26)17-7-3-4-8-18(17)23-22(24)27-20-10-6-5-9-19(20)25/h3-4,7-8,11-13,20H,5-6,9-10H2,1-2H3. The molecular weight excluding hydrogens is 356 g/mol. The van der Waals surface area contributed by atoms with Gasteiger partial charge in [0.2, 0.25) is 0 Å². The van der Waals surface area contributed by atoms with Gasteiger partial charge >= 0.3 is 0 Å². The third-order valence-electron chi connectivity index (χ3n) is 4.96. The molecule has 4 nitrogen and oxygen atoms in total. The summed E-state index contributed by atoms with van der Waals surface area (Å²) in [6.07, 6.45) is 3.48. The highest BCUT2D eigenvalue weighted by Crippen LogP contribution is 2.32. The second-order valence-corrected chi connectivity index (χ2v) is 8.39. The molecule has 1 aliphatic rings. The van der Waals surface area contributed by atoms with Gasteiger partial charge < -0.3 is 0 Å². The highest BCUT2D eigenvalue weighted by atomic mass is 32.2. The van der Waals surface area contributed by atoms with Crippen LogP contribution in [0.1, 0.15) is 36.8 Å². The molecule has 0 bridgehead atoms. The SMILES string of the molecule is Cc1cc(C)cc(-n2c(SC3CCCCC3=O)nc3ccccc3c2=O)c1. The van der Waals surface area contributed by atoms with E-state index in [1.165, 1.54) is 11.8 Å². The molecule has 1 unspecified atom stereocenters. The molecule has 2 aromatic carbocycles. The Kier molecular flexibility index (Phi) is 4.87. The van der Waals surface area contributed by atoms with Gasteiger partial charge in [-0.15, -0.1) is 0 Å². The minimum atomic E-state index is -0.121. The van der Waals surface area contributed by atoms with E-state index in [0.717, 1.165) is 36.1 Å². The van der Waals surface area contributed by atoms with Gasteiger partial charge in [0.15, 0.2) is 5.16 Å². The van der Waals surface area contributed by atoms with Gasteiger partial charge in [0.25, 0.3) is 5.56 Å². The van der Waals surface area contributed by atoms with E-state index in [9.17, 15) is 9.59 Å². The fraction of sp³-hybridized carbons (Fsp3) is 0.318. The van der Waals surface area contributed by atoms with Crippen LogP contribution in [0.15, 0.2) is 52.4 Å². The lowest BCUT2D eigenvalue weighted by molar-refractivity contribution is -0.119. The third kappa shape index (κ3) is 3.56. The molecule has 0 radical (unpaired) electrons. The summed E-state index contributed by atoms with van der Waals surface area (Å²) in [7, 11) is 0. The maximum Gasteiger partial charge on any atom is 0.266 e. The first-order valence-electron chi connectivity index (χ1n) is 9.33. The van der Waals surface area contributed by atoms with Crippen LogP contribution in [0.3, 0.4) is 0 Å². The Balaban J connectivity index is 1.92. The van der Waals surface area contributed by atoms with E-state index in [0.29, 0.717) is 22.5 Å². The zero-order valence-corrected chi connectivity index (χ0v) is 16.4. The lowest BCUT2D eigenvalue weighted by Gasteiger charge is -2.21. The van der Waals surface area contributed by atoms with Crippen LogP contribution in [0.25, 0.3) is 16.6 Å². The number of aryl methyl sites for hydroxylation is 2. The van der Waals surface area contributed by atoms with E-state index in [2.05, 4.69) is 6.07 Å². The van der Waals surface area contributed by atoms with Crippen molar-refractivity contribution in [3.63, 3.8) is 0 Å². The number of ketones is 1. The van der Waals surface area contributed by atoms with Crippen LogP contribution in [0, 0.1) is 13.8 Å². The summed E-state index contributed by atoms with van der Waals surface area (Å²) < 4.78 is 1.68. The number of para-hydroxylation sites is 1. The Hall–Kier alpha value is -2.40. The first-order chi connectivity index (χ1) is 13.0. The van der Waals surface area contributed by atoms with Crippen molar-refractivity contribution in [3.8, 4) is 5.69 Å². The van der Waals surface area contributed by atoms with Crippen molar-refractivity contribution in [2.24, 2.45) is 0 Å². The van der Waals surface area contributed by atoms with Crippen molar-refractivity contribution in [3.05, 3.63) is 63.9 Å². The number of hydrogen-bond donors (Lipinski definition) is 0. The van der Waals surface area contributed by atoms with Crippen LogP contribution in [0.2, 0.25) is 0 Å². The van der Waals surface area contributed by atoms with Crippen molar-refractivity contribution in [1.29, 1.82) is 0 Å². The molecule has 4 rings (SSSR count). The third-order valence-corrected chi connectivity index (χ3v) is 6.22. The van der Waals surface area contributed by atoms with Gasteiger partial charge in [0, 0.05) is 6.42 Å². The second kappa shape index (κ2) is 7.31. The minimum absolute atomic E-state index is 0.0867. The predicted molar refractivity (Wildman–Crippen MR) is 110 cm³/mol. The highest BCUT2D eigenvalue weighted by molar-refractivity contribution is 8.00. The quantitative estimate of drug-likeness (QED) is 0.625. The van der Waals surface area contributed by atoms with Gasteiger partial charge in [0.1, 0.15) is 5.78 Å². The van der Waals surface area contributed by atoms with Crippen LogP contribution in [-0.4, -0.2) is 20.6 Å². The Labute approximate surface area is 162 Å². The maximum atomic E-state index is 13.3. The summed E-state index contributed by atoms with van der Waals surface area (Å²) >= 11 is 1.44. The fourth-order valence-electron chi connectivity index (χ4n) is 3.70. The topological polar surface area (TPSA) is 52.0 Å². The summed E-state index contributed by atoms with van der Waals surface area (Å²) in [5, 5.41) is 1.07. The fourth-order valence-corrected chi connectivity index (χ4v) is 4.93. The molecule has 0 saturated heterocycles. The first kappa shape index (κ1) is 18.0. The van der Waals surface area contributed by atoms with Gasteiger partial charge in [-0.05, 0) is 62.1 Å². The molecule has 1 heterocycles. The number of Topliss-reactive ketones (excluding diaryl/α,β-unsaturated/α-hetero) is 1. The largest absolute Gasteiger partial charge is 0.298 e. The molecule has 0 spiro atoms. The molecule has 5 heteroatoms. The molecular formula is C22H22N2O2S. The summed E-state index contributed by atoms with van der Waals surface area (Å²) in [6.45, 7) is 4.04. The number of benzene rings is 2. The van der Waals surface area contributed by atoms with Gasteiger partial charge in [-0.1, -0.05) is 36.4 Å². The van der Waals surface area contributed by atoms with Crippen LogP contribution >= 0.6 is 11.8 Å². The normalized spacial score (nSPS) is 17.4. The average Bonchev–Trinajstić information content (AvgIpc) is 2.63. The smallest absolute Gasteiger partial charge is 0.266 e. The summed E-state index contributed by atoms with van der Waals surface area (Å²) in [6, 6.07) is 13.5. The monoisotopic (exact) mass is 378 g/mol. The number of aromatic nitrogens is 2. The van der Waals surface area contributed by atoms with Gasteiger partial charge in [0.05, 0.1) is 21.8 Å². The van der Waals surface area contributed by atoms with E-state index in [1.807, 2.05) is 50.2 Å². The molecule has 3 aromatic rings. The van der Waals surface area contributed by atoms with Crippen molar-refractivity contribution >= 4 is 28.4 Å². The average molecular weight is 378 g/mol. The van der Waals surface area contributed by atoms with Crippen molar-refractivity contribution < 1.29 is 4.79 Å². The van der Waals surface area contributed by atoms with E-state index >= 15 is 0 Å². The van der Waals surface area contributed by atoms with Gasteiger partial charge in [-0.3, -0.25) is 14.2 Å². The molecule has 1 atom stereocenters. The molecule has 0 N–H and O–H groups in total. The second-order valence-electron chi connectivity index (χ2n) is 7.22. The molecule has 0 aliphatic heterocycles. The first-order valence-corrected chi connectivity index (χ1v) is 10.2. The summed E-state index contributed by atoms with van der Waals surface area (Å²) in [5.74, 6) is 0.264. The lowest BCUT2D eigenvalue weighted by atomic mass is 9.99. The molecule has 1 aliphatic carbocycles. The van der Waals surface area contributed by atoms with E-state index < -0.39 is 0 Å². The molecule has 1 aromatic heterocycles. The Morgan fingerprint density at radius 2 is 1.78 bits per heavy atom. The lowest BCUT2D eigenvalue weighted by Crippen LogP contribution is -2.26. The molecule has 138 valence electrons. The highest BCUT2D eigenvalue weighted by Gasteiger charge is 2.26. The van der Waals surface area contributed by atoms with E-state index in [4.69, 9.17) is 4.98 Å². The predicted octanol–water partition coefficient (Wildman–Crippen LogP) is 4.61. The molecule has 1 saturated carbocycles.